The van der Waals surface area contributed by atoms with Crippen molar-refractivity contribution >= 4 is 46.2 Å². The van der Waals surface area contributed by atoms with Crippen molar-refractivity contribution < 1.29 is 4.74 Å². The Morgan fingerprint density at radius 1 is 1.11 bits per heavy atom. The Morgan fingerprint density at radius 2 is 1.81 bits per heavy atom. The van der Waals surface area contributed by atoms with Gasteiger partial charge in [-0.05, 0) is 42.9 Å². The zero-order chi connectivity index (χ0) is 19.2. The molecule has 2 atom stereocenters. The van der Waals surface area contributed by atoms with Gasteiger partial charge in [-0.1, -0.05) is 53.5 Å². The fraction of sp³-hybridized carbons (Fsp3) is 0.350. The van der Waals surface area contributed by atoms with Gasteiger partial charge in [0.1, 0.15) is 0 Å². The summed E-state index contributed by atoms with van der Waals surface area (Å²) in [6, 6.07) is 16.1. The zero-order valence-corrected chi connectivity index (χ0v) is 17.4. The number of ether oxygens (including phenoxy) is 1. The van der Waals surface area contributed by atoms with E-state index < -0.39 is 0 Å². The number of nitrogens with one attached hydrogen (secondary N) is 2. The molecular weight excluding hydrogens is 401 g/mol. The van der Waals surface area contributed by atoms with Crippen LogP contribution in [0.2, 0.25) is 10.0 Å². The molecule has 1 saturated heterocycles. The van der Waals surface area contributed by atoms with Gasteiger partial charge >= 0.3 is 0 Å². The second-order valence-corrected chi connectivity index (χ2v) is 7.77. The molecule has 27 heavy (non-hydrogen) atoms. The molecule has 0 spiro atoms. The highest BCUT2D eigenvalue weighted by Gasteiger charge is 2.28. The molecule has 0 aliphatic carbocycles. The third-order valence-corrected chi connectivity index (χ3v) is 5.36. The number of morpholine rings is 1. The highest BCUT2D eigenvalue weighted by molar-refractivity contribution is 7.80. The molecule has 1 fully saturated rings. The molecule has 2 N–H and O–H groups in total. The van der Waals surface area contributed by atoms with Crippen LogP contribution in [0, 0.1) is 0 Å². The minimum atomic E-state index is 0.0941. The summed E-state index contributed by atoms with van der Waals surface area (Å²) in [5, 5.41) is 8.23. The van der Waals surface area contributed by atoms with Gasteiger partial charge in [-0.3, -0.25) is 4.90 Å². The first-order chi connectivity index (χ1) is 13.0. The fourth-order valence-corrected chi connectivity index (χ4v) is 4.11. The van der Waals surface area contributed by atoms with E-state index in [1.54, 1.807) is 12.1 Å². The van der Waals surface area contributed by atoms with Gasteiger partial charge < -0.3 is 15.4 Å². The van der Waals surface area contributed by atoms with E-state index in [4.69, 9.17) is 40.2 Å². The van der Waals surface area contributed by atoms with E-state index >= 15 is 0 Å². The molecular formula is C20H23Cl2N3OS. The Labute approximate surface area is 175 Å². The lowest BCUT2D eigenvalue weighted by molar-refractivity contribution is 0.0102. The predicted molar refractivity (Wildman–Crippen MR) is 117 cm³/mol. The monoisotopic (exact) mass is 423 g/mol. The summed E-state index contributed by atoms with van der Waals surface area (Å²) in [7, 11) is 0. The lowest BCUT2D eigenvalue weighted by Crippen LogP contribution is -2.49. The van der Waals surface area contributed by atoms with Crippen LogP contribution in [0.5, 0.6) is 0 Å². The second kappa shape index (κ2) is 9.71. The summed E-state index contributed by atoms with van der Waals surface area (Å²) < 4.78 is 5.52. The van der Waals surface area contributed by atoms with Gasteiger partial charge in [0.25, 0.3) is 0 Å². The average molecular weight is 424 g/mol. The van der Waals surface area contributed by atoms with Crippen LogP contribution in [0.4, 0.5) is 5.69 Å². The third-order valence-electron chi connectivity index (χ3n) is 4.59. The van der Waals surface area contributed by atoms with E-state index in [-0.39, 0.29) is 12.1 Å². The van der Waals surface area contributed by atoms with Gasteiger partial charge in [0, 0.05) is 24.2 Å². The van der Waals surface area contributed by atoms with Crippen molar-refractivity contribution in [1.82, 2.24) is 10.2 Å². The average Bonchev–Trinajstić information content (AvgIpc) is 2.66. The van der Waals surface area contributed by atoms with E-state index in [2.05, 4.69) is 46.7 Å². The number of thiocarbonyl (C=S) groups is 1. The normalized spacial score (nSPS) is 17.1. The van der Waals surface area contributed by atoms with Gasteiger partial charge in [0.2, 0.25) is 0 Å². The van der Waals surface area contributed by atoms with Gasteiger partial charge in [-0.25, -0.2) is 0 Å². The molecule has 3 rings (SSSR count). The topological polar surface area (TPSA) is 36.5 Å². The molecule has 2 unspecified atom stereocenters. The van der Waals surface area contributed by atoms with Crippen LogP contribution in [-0.2, 0) is 4.74 Å². The number of rotatable bonds is 5. The lowest BCUT2D eigenvalue weighted by Gasteiger charge is -2.38. The van der Waals surface area contributed by atoms with Gasteiger partial charge in [-0.2, -0.15) is 0 Å². The molecule has 0 amide bonds. The molecule has 144 valence electrons. The van der Waals surface area contributed by atoms with E-state index in [9.17, 15) is 0 Å². The summed E-state index contributed by atoms with van der Waals surface area (Å²) in [6.07, 6.45) is 0. The van der Waals surface area contributed by atoms with Crippen LogP contribution in [0.25, 0.3) is 0 Å². The molecule has 1 aliphatic heterocycles. The maximum absolute atomic E-state index is 6.23. The summed E-state index contributed by atoms with van der Waals surface area (Å²) in [4.78, 5) is 2.44. The highest BCUT2D eigenvalue weighted by atomic mass is 35.5. The Bertz CT molecular complexity index is 769. The molecule has 0 radical (unpaired) electrons. The van der Waals surface area contributed by atoms with Crippen LogP contribution in [0.15, 0.2) is 48.5 Å². The van der Waals surface area contributed by atoms with Crippen LogP contribution in [0.1, 0.15) is 18.5 Å². The van der Waals surface area contributed by atoms with Crippen molar-refractivity contribution in [1.29, 1.82) is 0 Å². The number of hydrogen-bond acceptors (Lipinski definition) is 3. The van der Waals surface area contributed by atoms with E-state index in [0.717, 1.165) is 32.0 Å². The molecule has 2 aromatic rings. The quantitative estimate of drug-likeness (QED) is 0.678. The summed E-state index contributed by atoms with van der Waals surface area (Å²) in [5.74, 6) is 0. The number of nitrogens with zero attached hydrogens (tertiary/aromatic N) is 1. The minimum Gasteiger partial charge on any atom is -0.379 e. The van der Waals surface area contributed by atoms with Gasteiger partial charge in [0.15, 0.2) is 5.11 Å². The summed E-state index contributed by atoms with van der Waals surface area (Å²) in [6.45, 7) is 5.44. The van der Waals surface area contributed by atoms with Crippen molar-refractivity contribution in [3.05, 3.63) is 64.1 Å². The third kappa shape index (κ3) is 5.56. The van der Waals surface area contributed by atoms with E-state index in [1.807, 2.05) is 12.1 Å². The Hall–Kier alpha value is -1.37. The maximum atomic E-state index is 6.23. The molecule has 1 heterocycles. The van der Waals surface area contributed by atoms with E-state index in [0.29, 0.717) is 15.2 Å². The number of hydrogen-bond donors (Lipinski definition) is 2. The predicted octanol–water partition coefficient (Wildman–Crippen LogP) is 4.74. The van der Waals surface area contributed by atoms with Crippen molar-refractivity contribution in [3.8, 4) is 0 Å². The van der Waals surface area contributed by atoms with Crippen molar-refractivity contribution in [2.75, 3.05) is 31.6 Å². The number of halogens is 2. The largest absolute Gasteiger partial charge is 0.379 e. The molecule has 0 aromatic heterocycles. The maximum Gasteiger partial charge on any atom is 0.171 e. The molecule has 2 aromatic carbocycles. The first kappa shape index (κ1) is 20.4. The zero-order valence-electron chi connectivity index (χ0n) is 15.1. The lowest BCUT2D eigenvalue weighted by atomic mass is 9.98. The molecule has 0 saturated carbocycles. The number of benzene rings is 2. The fourth-order valence-electron chi connectivity index (χ4n) is 3.36. The van der Waals surface area contributed by atoms with Crippen molar-refractivity contribution in [2.24, 2.45) is 0 Å². The summed E-state index contributed by atoms with van der Waals surface area (Å²) >= 11 is 17.7. The Morgan fingerprint density at radius 3 is 2.48 bits per heavy atom. The highest BCUT2D eigenvalue weighted by Crippen LogP contribution is 2.27. The number of anilines is 1. The standard InChI is InChI=1S/C20H23Cl2N3OS/c1-14(23-20(27)24-18-8-7-16(21)13-17(18)22)19(15-5-3-2-4-6-15)25-9-11-26-12-10-25/h2-8,13-14,19H,9-12H2,1H3,(H2,23,24,27). The first-order valence-electron chi connectivity index (χ1n) is 8.94. The smallest absolute Gasteiger partial charge is 0.171 e. The van der Waals surface area contributed by atoms with Crippen LogP contribution in [0.3, 0.4) is 0 Å². The van der Waals surface area contributed by atoms with E-state index in [1.165, 1.54) is 5.56 Å². The van der Waals surface area contributed by atoms with Crippen molar-refractivity contribution in [3.63, 3.8) is 0 Å². The van der Waals surface area contributed by atoms with Crippen molar-refractivity contribution in [2.45, 2.75) is 19.0 Å². The first-order valence-corrected chi connectivity index (χ1v) is 10.1. The molecule has 1 aliphatic rings. The Balaban J connectivity index is 1.71. The SMILES string of the molecule is CC(NC(=S)Nc1ccc(Cl)cc1Cl)C(c1ccccc1)N1CCOCC1. The van der Waals surface area contributed by atoms with Crippen LogP contribution >= 0.6 is 35.4 Å². The van der Waals surface area contributed by atoms with Crippen LogP contribution < -0.4 is 10.6 Å². The summed E-state index contributed by atoms with van der Waals surface area (Å²) in [5.41, 5.74) is 1.99. The van der Waals surface area contributed by atoms with Gasteiger partial charge in [0.05, 0.1) is 30.0 Å². The Kier molecular flexibility index (Phi) is 7.33. The second-order valence-electron chi connectivity index (χ2n) is 6.52. The minimum absolute atomic E-state index is 0.0941. The molecule has 7 heteroatoms. The van der Waals surface area contributed by atoms with Gasteiger partial charge in [-0.15, -0.1) is 0 Å². The molecule has 0 bridgehead atoms. The molecule has 4 nitrogen and oxygen atoms in total. The van der Waals surface area contributed by atoms with Crippen LogP contribution in [-0.4, -0.2) is 42.4 Å².